The molecule has 0 aromatic carbocycles. The van der Waals surface area contributed by atoms with Crippen LogP contribution in [0.1, 0.15) is 39.0 Å². The largest absolute Gasteiger partial charge is 0.381 e. The molecule has 0 aliphatic carbocycles. The van der Waals surface area contributed by atoms with Gasteiger partial charge < -0.3 is 9.64 Å². The van der Waals surface area contributed by atoms with E-state index in [0.29, 0.717) is 0 Å². The maximum Gasteiger partial charge on any atom is 0.0469 e. The van der Waals surface area contributed by atoms with E-state index < -0.39 is 0 Å². The molecule has 2 fully saturated rings. The minimum atomic E-state index is 0.822. The summed E-state index contributed by atoms with van der Waals surface area (Å²) in [4.78, 5) is 2.72. The van der Waals surface area contributed by atoms with Gasteiger partial charge in [-0.15, -0.1) is 0 Å². The van der Waals surface area contributed by atoms with Crippen molar-refractivity contribution in [1.82, 2.24) is 4.90 Å². The van der Waals surface area contributed by atoms with Crippen LogP contribution in [0.15, 0.2) is 0 Å². The van der Waals surface area contributed by atoms with Crippen molar-refractivity contribution in [3.05, 3.63) is 6.42 Å². The number of rotatable bonds is 3. The second kappa shape index (κ2) is 5.86. The number of hydrogen-bond acceptors (Lipinski definition) is 2. The molecule has 0 amide bonds. The summed E-state index contributed by atoms with van der Waals surface area (Å²) >= 11 is 0. The van der Waals surface area contributed by atoms with E-state index in [2.05, 4.69) is 18.2 Å². The number of nitrogens with zero attached hydrogens (tertiary/aromatic N) is 1. The average Bonchev–Trinajstić information content (AvgIpc) is 2.33. The van der Waals surface area contributed by atoms with Crippen LogP contribution in [0.5, 0.6) is 0 Å². The molecule has 2 aliphatic rings. The summed E-state index contributed by atoms with van der Waals surface area (Å²) in [7, 11) is 0. The van der Waals surface area contributed by atoms with Crippen LogP contribution in [0.3, 0.4) is 0 Å². The van der Waals surface area contributed by atoms with Gasteiger partial charge >= 0.3 is 0 Å². The molecule has 0 aromatic heterocycles. The molecule has 2 aliphatic heterocycles. The summed E-state index contributed by atoms with van der Waals surface area (Å²) in [5, 5.41) is 0. The molecule has 87 valence electrons. The first-order valence-electron chi connectivity index (χ1n) is 6.55. The van der Waals surface area contributed by atoms with E-state index in [4.69, 9.17) is 4.74 Å². The molecule has 2 heterocycles. The lowest BCUT2D eigenvalue weighted by atomic mass is 9.88. The molecule has 1 unspecified atom stereocenters. The van der Waals surface area contributed by atoms with Crippen molar-refractivity contribution in [2.24, 2.45) is 5.92 Å². The van der Waals surface area contributed by atoms with Crippen molar-refractivity contribution < 1.29 is 4.74 Å². The Morgan fingerprint density at radius 3 is 2.53 bits per heavy atom. The Hall–Kier alpha value is -0.0800. The van der Waals surface area contributed by atoms with E-state index >= 15 is 0 Å². The highest BCUT2D eigenvalue weighted by atomic mass is 16.5. The first kappa shape index (κ1) is 11.4. The summed E-state index contributed by atoms with van der Waals surface area (Å²) in [6.45, 7) is 6.90. The van der Waals surface area contributed by atoms with Crippen LogP contribution < -0.4 is 0 Å². The van der Waals surface area contributed by atoms with Gasteiger partial charge in [0.1, 0.15) is 0 Å². The van der Waals surface area contributed by atoms with Gasteiger partial charge in [-0.25, -0.2) is 0 Å². The van der Waals surface area contributed by atoms with Gasteiger partial charge in [-0.3, -0.25) is 0 Å². The zero-order valence-corrected chi connectivity index (χ0v) is 9.95. The molecule has 0 spiro atoms. The predicted molar refractivity (Wildman–Crippen MR) is 62.7 cm³/mol. The lowest BCUT2D eigenvalue weighted by molar-refractivity contribution is 0.0216. The van der Waals surface area contributed by atoms with Crippen molar-refractivity contribution in [3.8, 4) is 0 Å². The molecule has 2 rings (SSSR count). The van der Waals surface area contributed by atoms with Crippen LogP contribution in [-0.2, 0) is 4.74 Å². The summed E-state index contributed by atoms with van der Waals surface area (Å²) in [5.41, 5.74) is 0. The van der Waals surface area contributed by atoms with Gasteiger partial charge in [-0.1, -0.05) is 6.92 Å². The first-order valence-corrected chi connectivity index (χ1v) is 6.55. The number of hydrogen-bond donors (Lipinski definition) is 0. The van der Waals surface area contributed by atoms with Gasteiger partial charge in [0, 0.05) is 19.3 Å². The molecule has 2 heteroatoms. The molecular weight excluding hydrogens is 186 g/mol. The highest BCUT2D eigenvalue weighted by Crippen LogP contribution is 2.26. The van der Waals surface area contributed by atoms with Gasteiger partial charge in [-0.2, -0.15) is 0 Å². The van der Waals surface area contributed by atoms with Crippen molar-refractivity contribution in [2.75, 3.05) is 26.3 Å². The van der Waals surface area contributed by atoms with Crippen molar-refractivity contribution in [1.29, 1.82) is 0 Å². The van der Waals surface area contributed by atoms with Gasteiger partial charge in [0.05, 0.1) is 0 Å². The first-order chi connectivity index (χ1) is 7.42. The SMILES string of the molecule is CCC(C1CCOCC1)N1CC[CH]CC1. The zero-order chi connectivity index (χ0) is 10.5. The second-order valence-corrected chi connectivity index (χ2v) is 4.83. The number of likely N-dealkylation sites (tertiary alicyclic amines) is 1. The fourth-order valence-corrected chi connectivity index (χ4v) is 3.09. The monoisotopic (exact) mass is 210 g/mol. The summed E-state index contributed by atoms with van der Waals surface area (Å²) in [6, 6.07) is 0.822. The number of ether oxygens (including phenoxy) is 1. The quantitative estimate of drug-likeness (QED) is 0.709. The van der Waals surface area contributed by atoms with Gasteiger partial charge in [-0.05, 0) is 57.5 Å². The standard InChI is InChI=1S/C13H24NO/c1-2-13(12-6-10-15-11-7-12)14-8-4-3-5-9-14/h3,12-13H,2,4-11H2,1H3. The minimum Gasteiger partial charge on any atom is -0.381 e. The summed E-state index contributed by atoms with van der Waals surface area (Å²) in [6.07, 6.45) is 8.88. The third-order valence-electron chi connectivity index (χ3n) is 3.94. The van der Waals surface area contributed by atoms with Gasteiger partial charge in [0.2, 0.25) is 0 Å². The zero-order valence-electron chi connectivity index (χ0n) is 9.95. The molecule has 0 saturated carbocycles. The molecule has 0 aromatic rings. The van der Waals surface area contributed by atoms with Crippen molar-refractivity contribution >= 4 is 0 Å². The van der Waals surface area contributed by atoms with E-state index in [-0.39, 0.29) is 0 Å². The predicted octanol–water partition coefficient (Wildman–Crippen LogP) is 2.49. The lowest BCUT2D eigenvalue weighted by Gasteiger charge is -2.40. The Morgan fingerprint density at radius 2 is 1.93 bits per heavy atom. The topological polar surface area (TPSA) is 12.5 Å². The highest BCUT2D eigenvalue weighted by molar-refractivity contribution is 4.85. The Morgan fingerprint density at radius 1 is 1.27 bits per heavy atom. The van der Waals surface area contributed by atoms with Gasteiger partial charge in [0.25, 0.3) is 0 Å². The normalized spacial score (nSPS) is 27.8. The Bertz CT molecular complexity index is 153. The van der Waals surface area contributed by atoms with E-state index in [1.807, 2.05) is 0 Å². The van der Waals surface area contributed by atoms with E-state index in [9.17, 15) is 0 Å². The van der Waals surface area contributed by atoms with Crippen molar-refractivity contribution in [3.63, 3.8) is 0 Å². The lowest BCUT2D eigenvalue weighted by Crippen LogP contribution is -2.44. The molecule has 0 bridgehead atoms. The molecule has 2 saturated heterocycles. The fourth-order valence-electron chi connectivity index (χ4n) is 3.09. The third-order valence-corrected chi connectivity index (χ3v) is 3.94. The van der Waals surface area contributed by atoms with Crippen LogP contribution in [0.25, 0.3) is 0 Å². The fraction of sp³-hybridized carbons (Fsp3) is 0.923. The van der Waals surface area contributed by atoms with E-state index in [0.717, 1.165) is 25.2 Å². The van der Waals surface area contributed by atoms with E-state index in [1.54, 1.807) is 0 Å². The van der Waals surface area contributed by atoms with Crippen LogP contribution in [0, 0.1) is 12.3 Å². The Kier molecular flexibility index (Phi) is 4.45. The van der Waals surface area contributed by atoms with E-state index in [1.165, 1.54) is 45.2 Å². The molecule has 0 N–H and O–H groups in total. The van der Waals surface area contributed by atoms with Crippen molar-refractivity contribution in [2.45, 2.75) is 45.1 Å². The molecular formula is C13H24NO. The smallest absolute Gasteiger partial charge is 0.0469 e. The molecule has 15 heavy (non-hydrogen) atoms. The maximum absolute atomic E-state index is 5.46. The van der Waals surface area contributed by atoms with Crippen LogP contribution in [0.4, 0.5) is 0 Å². The van der Waals surface area contributed by atoms with Gasteiger partial charge in [0.15, 0.2) is 0 Å². The minimum absolute atomic E-state index is 0.822. The average molecular weight is 210 g/mol. The van der Waals surface area contributed by atoms with Crippen LogP contribution in [0.2, 0.25) is 0 Å². The van der Waals surface area contributed by atoms with Crippen LogP contribution >= 0.6 is 0 Å². The Labute approximate surface area is 94.0 Å². The second-order valence-electron chi connectivity index (χ2n) is 4.83. The molecule has 1 atom stereocenters. The summed E-state index contributed by atoms with van der Waals surface area (Å²) in [5.74, 6) is 0.891. The van der Waals surface area contributed by atoms with Crippen LogP contribution in [-0.4, -0.2) is 37.2 Å². The highest BCUT2D eigenvalue weighted by Gasteiger charge is 2.28. The summed E-state index contributed by atoms with van der Waals surface area (Å²) < 4.78 is 5.46. The Balaban J connectivity index is 1.88. The number of piperidine rings is 1. The maximum atomic E-state index is 5.46. The third kappa shape index (κ3) is 2.94. The molecule has 1 radical (unpaired) electrons. The molecule has 2 nitrogen and oxygen atoms in total.